The van der Waals surface area contributed by atoms with Crippen molar-refractivity contribution >= 4 is 17.9 Å². The maximum Gasteiger partial charge on any atom is 0.306 e. The molecule has 0 heterocycles. The van der Waals surface area contributed by atoms with Gasteiger partial charge in [-0.1, -0.05) is 274 Å². The molecule has 0 saturated carbocycles. The Bertz CT molecular complexity index is 1210. The first-order chi connectivity index (χ1) is 33.0. The number of ether oxygens (including phenoxy) is 3. The zero-order valence-corrected chi connectivity index (χ0v) is 44.4. The summed E-state index contributed by atoms with van der Waals surface area (Å²) in [6.07, 6.45) is 69.3. The normalized spacial score (nSPS) is 12.5. The molecule has 0 unspecified atom stereocenters. The van der Waals surface area contributed by atoms with Crippen molar-refractivity contribution in [3.63, 3.8) is 0 Å². The smallest absolute Gasteiger partial charge is 0.306 e. The zero-order chi connectivity index (χ0) is 48.6. The van der Waals surface area contributed by atoms with Crippen molar-refractivity contribution in [1.29, 1.82) is 0 Å². The Kier molecular flexibility index (Phi) is 53.3. The minimum absolute atomic E-state index is 0.0876. The summed E-state index contributed by atoms with van der Waals surface area (Å²) in [5, 5.41) is 0. The summed E-state index contributed by atoms with van der Waals surface area (Å²) in [6.45, 7) is 6.51. The molecule has 0 fully saturated rings. The Morgan fingerprint density at radius 2 is 0.582 bits per heavy atom. The maximum atomic E-state index is 12.8. The highest BCUT2D eigenvalue weighted by Gasteiger charge is 2.19. The maximum absolute atomic E-state index is 12.8. The van der Waals surface area contributed by atoms with Gasteiger partial charge in [0.05, 0.1) is 0 Å². The van der Waals surface area contributed by atoms with Crippen molar-refractivity contribution in [2.24, 2.45) is 0 Å². The van der Waals surface area contributed by atoms with E-state index in [1.165, 1.54) is 167 Å². The molecular formula is C61H108O6. The van der Waals surface area contributed by atoms with E-state index in [0.717, 1.165) is 77.0 Å². The summed E-state index contributed by atoms with van der Waals surface area (Å²) in [4.78, 5) is 38.1. The third-order valence-corrected chi connectivity index (χ3v) is 12.5. The monoisotopic (exact) mass is 937 g/mol. The molecule has 67 heavy (non-hydrogen) atoms. The Morgan fingerprint density at radius 3 is 0.910 bits per heavy atom. The third-order valence-electron chi connectivity index (χ3n) is 12.5. The van der Waals surface area contributed by atoms with Crippen molar-refractivity contribution < 1.29 is 28.6 Å². The molecule has 0 radical (unpaired) electrons. The van der Waals surface area contributed by atoms with Gasteiger partial charge in [-0.05, 0) is 57.8 Å². The molecule has 6 nitrogen and oxygen atoms in total. The van der Waals surface area contributed by atoms with Crippen LogP contribution in [0.2, 0.25) is 0 Å². The number of esters is 3. The molecule has 0 rings (SSSR count). The van der Waals surface area contributed by atoms with Gasteiger partial charge in [-0.3, -0.25) is 14.4 Å². The summed E-state index contributed by atoms with van der Waals surface area (Å²) in [5.74, 6) is -0.934. The van der Waals surface area contributed by atoms with Gasteiger partial charge >= 0.3 is 17.9 Å². The van der Waals surface area contributed by atoms with Crippen LogP contribution in [0.4, 0.5) is 0 Å². The molecule has 0 aromatic rings. The molecule has 0 aliphatic heterocycles. The topological polar surface area (TPSA) is 78.9 Å². The molecule has 0 aromatic heterocycles. The van der Waals surface area contributed by atoms with Crippen LogP contribution in [0.25, 0.3) is 0 Å². The van der Waals surface area contributed by atoms with E-state index in [-0.39, 0.29) is 37.5 Å². The number of allylic oxidation sites excluding steroid dienone is 10. The first kappa shape index (κ1) is 64.1. The lowest BCUT2D eigenvalue weighted by Gasteiger charge is -2.18. The van der Waals surface area contributed by atoms with Crippen molar-refractivity contribution in [3.05, 3.63) is 60.8 Å². The quantitative estimate of drug-likeness (QED) is 0.0262. The lowest BCUT2D eigenvalue weighted by Crippen LogP contribution is -2.30. The highest BCUT2D eigenvalue weighted by molar-refractivity contribution is 5.71. The number of unbranched alkanes of at least 4 members (excludes halogenated alkanes) is 31. The van der Waals surface area contributed by atoms with Gasteiger partial charge in [-0.2, -0.15) is 0 Å². The van der Waals surface area contributed by atoms with Gasteiger partial charge in [0.25, 0.3) is 0 Å². The first-order valence-corrected chi connectivity index (χ1v) is 28.8. The van der Waals surface area contributed by atoms with Crippen molar-refractivity contribution in [1.82, 2.24) is 0 Å². The van der Waals surface area contributed by atoms with Gasteiger partial charge in [0.15, 0.2) is 6.10 Å². The molecule has 6 heteroatoms. The Morgan fingerprint density at radius 1 is 0.313 bits per heavy atom. The van der Waals surface area contributed by atoms with E-state index >= 15 is 0 Å². The largest absolute Gasteiger partial charge is 0.462 e. The second kappa shape index (κ2) is 55.7. The van der Waals surface area contributed by atoms with Gasteiger partial charge in [0, 0.05) is 19.3 Å². The van der Waals surface area contributed by atoms with Crippen LogP contribution in [0.5, 0.6) is 0 Å². The molecule has 388 valence electrons. The number of carbonyl (C=O) groups is 3. The van der Waals surface area contributed by atoms with E-state index < -0.39 is 6.10 Å². The van der Waals surface area contributed by atoms with Crippen molar-refractivity contribution in [2.75, 3.05) is 13.2 Å². The second-order valence-electron chi connectivity index (χ2n) is 19.2. The number of carbonyl (C=O) groups excluding carboxylic acids is 3. The SMILES string of the molecule is CC/C=C\C/C=C\C/C=C\C/C=C\C/C=C\CCCC(=O)OC[C@H](COC(=O)CCCCCCCCCCCCCCCCCCC)OC(=O)CCCCCCCCCCCCCCCCC. The molecule has 0 amide bonds. The van der Waals surface area contributed by atoms with E-state index in [9.17, 15) is 14.4 Å². The summed E-state index contributed by atoms with van der Waals surface area (Å²) in [5.41, 5.74) is 0. The number of hydrogen-bond donors (Lipinski definition) is 0. The van der Waals surface area contributed by atoms with Gasteiger partial charge in [0.2, 0.25) is 0 Å². The van der Waals surface area contributed by atoms with Crippen LogP contribution in [-0.4, -0.2) is 37.2 Å². The van der Waals surface area contributed by atoms with E-state index in [4.69, 9.17) is 14.2 Å². The molecule has 0 spiro atoms. The van der Waals surface area contributed by atoms with Crippen molar-refractivity contribution in [2.45, 2.75) is 297 Å². The van der Waals surface area contributed by atoms with E-state index in [0.29, 0.717) is 19.3 Å². The molecule has 0 aromatic carbocycles. The third kappa shape index (κ3) is 53.9. The van der Waals surface area contributed by atoms with Gasteiger partial charge in [-0.15, -0.1) is 0 Å². The molecule has 0 aliphatic rings. The van der Waals surface area contributed by atoms with Crippen LogP contribution in [0.15, 0.2) is 60.8 Å². The van der Waals surface area contributed by atoms with Crippen LogP contribution in [-0.2, 0) is 28.6 Å². The predicted octanol–water partition coefficient (Wildman–Crippen LogP) is 19.2. The van der Waals surface area contributed by atoms with Crippen LogP contribution >= 0.6 is 0 Å². The molecule has 0 N–H and O–H groups in total. The summed E-state index contributed by atoms with van der Waals surface area (Å²) in [7, 11) is 0. The lowest BCUT2D eigenvalue weighted by molar-refractivity contribution is -0.167. The minimum Gasteiger partial charge on any atom is -0.462 e. The Labute approximate surface area is 415 Å². The molecule has 0 aliphatic carbocycles. The fourth-order valence-corrected chi connectivity index (χ4v) is 8.24. The fraction of sp³-hybridized carbons (Fsp3) is 0.787. The second-order valence-corrected chi connectivity index (χ2v) is 19.2. The molecule has 0 saturated heterocycles. The molecule has 0 bridgehead atoms. The Balaban J connectivity index is 4.42. The van der Waals surface area contributed by atoms with Gasteiger partial charge in [0.1, 0.15) is 13.2 Å². The van der Waals surface area contributed by atoms with Crippen LogP contribution in [0, 0.1) is 0 Å². The summed E-state index contributed by atoms with van der Waals surface area (Å²) >= 11 is 0. The van der Waals surface area contributed by atoms with E-state index in [1.54, 1.807) is 0 Å². The van der Waals surface area contributed by atoms with Crippen molar-refractivity contribution in [3.8, 4) is 0 Å². The van der Waals surface area contributed by atoms with Gasteiger partial charge in [-0.25, -0.2) is 0 Å². The molecule has 1 atom stereocenters. The zero-order valence-electron chi connectivity index (χ0n) is 44.4. The standard InChI is InChI=1S/C61H108O6/c1-4-7-10-13-16-19-22-25-28-30-33-35-38-41-44-47-50-53-59(62)65-56-58(67-61(64)55-52-49-46-43-40-37-32-27-24-21-18-15-12-9-6-3)57-66-60(63)54-51-48-45-42-39-36-34-31-29-26-23-20-17-14-11-8-5-2/h7,10,16,19,25,28,33,35,41,44,58H,4-6,8-9,11-15,17-18,20-24,26-27,29-32,34,36-40,42-43,45-57H2,1-3H3/b10-7-,19-16-,28-25-,35-33-,44-41-/t58-/m1/s1. The van der Waals surface area contributed by atoms with Crippen LogP contribution in [0.3, 0.4) is 0 Å². The summed E-state index contributed by atoms with van der Waals surface area (Å²) < 4.78 is 16.8. The first-order valence-electron chi connectivity index (χ1n) is 28.8. The molecular weight excluding hydrogens is 829 g/mol. The average Bonchev–Trinajstić information content (AvgIpc) is 3.33. The number of rotatable bonds is 52. The lowest BCUT2D eigenvalue weighted by atomic mass is 10.0. The number of hydrogen-bond acceptors (Lipinski definition) is 6. The highest BCUT2D eigenvalue weighted by atomic mass is 16.6. The average molecular weight is 938 g/mol. The van der Waals surface area contributed by atoms with E-state index in [2.05, 4.69) is 81.5 Å². The Hall–Kier alpha value is -2.89. The van der Waals surface area contributed by atoms with Gasteiger partial charge < -0.3 is 14.2 Å². The minimum atomic E-state index is -0.793. The predicted molar refractivity (Wildman–Crippen MR) is 288 cm³/mol. The van der Waals surface area contributed by atoms with Crippen LogP contribution < -0.4 is 0 Å². The van der Waals surface area contributed by atoms with Crippen LogP contribution in [0.1, 0.15) is 290 Å². The fourth-order valence-electron chi connectivity index (χ4n) is 8.24. The highest BCUT2D eigenvalue weighted by Crippen LogP contribution is 2.17. The van der Waals surface area contributed by atoms with E-state index in [1.807, 2.05) is 0 Å². The summed E-state index contributed by atoms with van der Waals surface area (Å²) in [6, 6.07) is 0.